The number of aromatic nitrogens is 2. The van der Waals surface area contributed by atoms with Crippen molar-refractivity contribution in [1.82, 2.24) is 25.5 Å². The smallest absolute Gasteiger partial charge is 0.336 e. The van der Waals surface area contributed by atoms with E-state index in [0.717, 1.165) is 56.7 Å². The largest absolute Gasteiger partial charge is 0.416 e. The Balaban J connectivity index is 1.12. The number of carbonyl (C=O) groups excluding carboxylic acids is 2. The summed E-state index contributed by atoms with van der Waals surface area (Å²) in [7, 11) is 1.71. The molecule has 0 aliphatic heterocycles. The van der Waals surface area contributed by atoms with Gasteiger partial charge in [0.15, 0.2) is 10.3 Å². The topological polar surface area (TPSA) is 93.7 Å². The summed E-state index contributed by atoms with van der Waals surface area (Å²) < 4.78 is 82.0. The van der Waals surface area contributed by atoms with Gasteiger partial charge in [0.1, 0.15) is 0 Å². The highest BCUT2D eigenvalue weighted by Gasteiger charge is 2.33. The second-order valence-corrected chi connectivity index (χ2v) is 15.1. The molecule has 0 atom stereocenters. The third-order valence-electron chi connectivity index (χ3n) is 8.42. The van der Waals surface area contributed by atoms with Crippen molar-refractivity contribution in [2.24, 2.45) is 0 Å². The van der Waals surface area contributed by atoms with Gasteiger partial charge in [-0.3, -0.25) is 0 Å². The molecule has 0 aliphatic carbocycles. The number of hydrogen-bond acceptors (Lipinski definition) is 7. The van der Waals surface area contributed by atoms with Crippen molar-refractivity contribution in [2.45, 2.75) is 12.4 Å². The third kappa shape index (κ3) is 10.6. The monoisotopic (exact) mass is 877 g/mol. The van der Waals surface area contributed by atoms with E-state index in [9.17, 15) is 35.9 Å². The zero-order valence-electron chi connectivity index (χ0n) is 30.1. The first-order valence-corrected chi connectivity index (χ1v) is 19.7. The van der Waals surface area contributed by atoms with E-state index in [0.29, 0.717) is 32.6 Å². The number of anilines is 4. The van der Waals surface area contributed by atoms with Gasteiger partial charge in [-0.1, -0.05) is 59.6 Å². The molecule has 4 aromatic carbocycles. The number of carbonyl (C=O) groups is 2. The van der Waals surface area contributed by atoms with Crippen LogP contribution in [0.3, 0.4) is 0 Å². The van der Waals surface area contributed by atoms with E-state index in [4.69, 9.17) is 23.2 Å². The van der Waals surface area contributed by atoms with Gasteiger partial charge in [0, 0.05) is 58.1 Å². The number of halogens is 8. The highest BCUT2D eigenvalue weighted by Crippen LogP contribution is 2.38. The van der Waals surface area contributed by atoms with Crippen molar-refractivity contribution in [3.8, 4) is 22.5 Å². The maximum atomic E-state index is 13.7. The molecule has 2 N–H and O–H groups in total. The first-order chi connectivity index (χ1) is 27.6. The van der Waals surface area contributed by atoms with E-state index in [1.165, 1.54) is 24.3 Å². The van der Waals surface area contributed by atoms with Crippen LogP contribution in [0.4, 0.5) is 57.6 Å². The van der Waals surface area contributed by atoms with E-state index in [-0.39, 0.29) is 47.8 Å². The number of alkyl halides is 6. The Morgan fingerprint density at radius 2 is 1.02 bits per heavy atom. The Bertz CT molecular complexity index is 2230. The van der Waals surface area contributed by atoms with Crippen molar-refractivity contribution in [3.63, 3.8) is 0 Å². The molecular formula is C39H31Cl2F6N7O2S2. The predicted octanol–water partition coefficient (Wildman–Crippen LogP) is 11.6. The Labute approximate surface area is 346 Å². The fraction of sp³-hybridized carbons (Fsp3) is 0.179. The molecule has 58 heavy (non-hydrogen) atoms. The third-order valence-corrected chi connectivity index (χ3v) is 10.5. The number of amides is 4. The van der Waals surface area contributed by atoms with Crippen LogP contribution in [0.25, 0.3) is 22.5 Å². The molecule has 6 aromatic rings. The standard InChI is InChI=1S/C39H31Cl2F6N7O2S2/c1-52(16-14-48-34(55)53(30-12-4-8-26(20-30)38(42,43)44)36-50-32(22-57-36)24-6-2-10-28(40)18-24)17-15-49-35(56)54(31-13-5-9-27(21-31)39(45,46)47)37-51-33(23-58-37)25-7-3-11-29(41)19-25/h2-13,18-23H,14-17H2,1H3,(H,48,55)(H,49,56). The van der Waals surface area contributed by atoms with Crippen LogP contribution in [0.2, 0.25) is 10.0 Å². The lowest BCUT2D eigenvalue weighted by atomic mass is 10.2. The fourth-order valence-corrected chi connectivity index (χ4v) is 7.63. The minimum atomic E-state index is -4.66. The first-order valence-electron chi connectivity index (χ1n) is 17.2. The van der Waals surface area contributed by atoms with Crippen molar-refractivity contribution in [3.05, 3.63) is 129 Å². The molecule has 19 heteroatoms. The number of benzene rings is 4. The van der Waals surface area contributed by atoms with Crippen molar-refractivity contribution in [2.75, 3.05) is 43.0 Å². The van der Waals surface area contributed by atoms with Gasteiger partial charge in [0.2, 0.25) is 0 Å². The molecule has 0 fully saturated rings. The van der Waals surface area contributed by atoms with Gasteiger partial charge >= 0.3 is 24.4 Å². The van der Waals surface area contributed by atoms with Crippen molar-refractivity contribution < 1.29 is 35.9 Å². The zero-order chi connectivity index (χ0) is 41.6. The summed E-state index contributed by atoms with van der Waals surface area (Å²) in [4.78, 5) is 40.2. The number of rotatable bonds is 12. The van der Waals surface area contributed by atoms with Crippen LogP contribution in [0.1, 0.15) is 11.1 Å². The van der Waals surface area contributed by atoms with Gasteiger partial charge in [0.05, 0.1) is 33.9 Å². The number of likely N-dealkylation sites (N-methyl/N-ethyl adjacent to an activating group) is 1. The van der Waals surface area contributed by atoms with E-state index < -0.39 is 35.5 Å². The number of nitrogens with one attached hydrogen (secondary N) is 2. The lowest BCUT2D eigenvalue weighted by Gasteiger charge is -2.24. The average molecular weight is 879 g/mol. The molecule has 6 rings (SSSR count). The highest BCUT2D eigenvalue weighted by molar-refractivity contribution is 7.14. The van der Waals surface area contributed by atoms with Gasteiger partial charge in [-0.2, -0.15) is 26.3 Å². The van der Waals surface area contributed by atoms with Gasteiger partial charge in [-0.15, -0.1) is 22.7 Å². The van der Waals surface area contributed by atoms with Crippen LogP contribution in [-0.4, -0.2) is 60.2 Å². The number of thiazole rings is 2. The SMILES string of the molecule is CN(CCNC(=O)N(c1cccc(C(F)(F)F)c1)c1nc(-c2cccc(Cl)c2)cs1)CCNC(=O)N(c1cccc(C(F)(F)F)c1)c1nc(-c2cccc(Cl)c2)cs1. The molecule has 0 spiro atoms. The molecule has 302 valence electrons. The Hall–Kier alpha value is -5.20. The number of urea groups is 2. The van der Waals surface area contributed by atoms with Gasteiger partial charge < -0.3 is 15.5 Å². The second-order valence-electron chi connectivity index (χ2n) is 12.6. The molecule has 0 aliphatic rings. The zero-order valence-corrected chi connectivity index (χ0v) is 33.3. The van der Waals surface area contributed by atoms with Crippen LogP contribution in [0, 0.1) is 0 Å². The molecule has 2 aromatic heterocycles. The Kier molecular flexibility index (Phi) is 13.3. The minimum absolute atomic E-state index is 0.0486. The molecular weight excluding hydrogens is 848 g/mol. The molecule has 0 saturated heterocycles. The maximum Gasteiger partial charge on any atom is 0.416 e. The normalized spacial score (nSPS) is 11.8. The lowest BCUT2D eigenvalue weighted by molar-refractivity contribution is -0.138. The fourth-order valence-electron chi connectivity index (χ4n) is 5.54. The van der Waals surface area contributed by atoms with Gasteiger partial charge in [-0.05, 0) is 67.7 Å². The average Bonchev–Trinajstić information content (AvgIpc) is 3.86. The summed E-state index contributed by atoms with van der Waals surface area (Å²) in [5.41, 5.74) is 0.244. The molecule has 0 bridgehead atoms. The van der Waals surface area contributed by atoms with Crippen LogP contribution < -0.4 is 20.4 Å². The van der Waals surface area contributed by atoms with Crippen molar-refractivity contribution in [1.29, 1.82) is 0 Å². The van der Waals surface area contributed by atoms with Gasteiger partial charge in [0.25, 0.3) is 0 Å². The van der Waals surface area contributed by atoms with Crippen LogP contribution in [0.5, 0.6) is 0 Å². The molecule has 0 unspecified atom stereocenters. The minimum Gasteiger partial charge on any atom is -0.336 e. The van der Waals surface area contributed by atoms with Crippen LogP contribution in [0.15, 0.2) is 108 Å². The summed E-state index contributed by atoms with van der Waals surface area (Å²) in [6.45, 7) is 0.590. The highest BCUT2D eigenvalue weighted by atomic mass is 35.5. The molecule has 9 nitrogen and oxygen atoms in total. The van der Waals surface area contributed by atoms with Crippen LogP contribution in [-0.2, 0) is 12.4 Å². The van der Waals surface area contributed by atoms with E-state index in [1.807, 2.05) is 0 Å². The summed E-state index contributed by atoms with van der Waals surface area (Å²) in [5, 5.41) is 9.94. The molecule has 2 heterocycles. The lowest BCUT2D eigenvalue weighted by Crippen LogP contribution is -2.43. The predicted molar refractivity (Wildman–Crippen MR) is 217 cm³/mol. The summed E-state index contributed by atoms with van der Waals surface area (Å²) >= 11 is 14.4. The van der Waals surface area contributed by atoms with E-state index >= 15 is 0 Å². The molecule has 0 radical (unpaired) electrons. The van der Waals surface area contributed by atoms with Crippen LogP contribution >= 0.6 is 45.9 Å². The molecule has 4 amide bonds. The summed E-state index contributed by atoms with van der Waals surface area (Å²) in [5.74, 6) is 0. The second kappa shape index (κ2) is 18.2. The number of hydrogen-bond donors (Lipinski definition) is 2. The summed E-state index contributed by atoms with van der Waals surface area (Å²) in [6.07, 6.45) is -9.31. The van der Waals surface area contributed by atoms with Gasteiger partial charge in [-0.25, -0.2) is 29.4 Å². The van der Waals surface area contributed by atoms with E-state index in [2.05, 4.69) is 20.6 Å². The van der Waals surface area contributed by atoms with Crippen molar-refractivity contribution >= 4 is 79.6 Å². The molecule has 0 saturated carbocycles. The Morgan fingerprint density at radius 1 is 0.621 bits per heavy atom. The first kappa shape index (κ1) is 42.4. The summed E-state index contributed by atoms with van der Waals surface area (Å²) in [6, 6.07) is 20.9. The number of nitrogens with zero attached hydrogens (tertiary/aromatic N) is 5. The quantitative estimate of drug-likeness (QED) is 0.119. The maximum absolute atomic E-state index is 13.7. The van der Waals surface area contributed by atoms with E-state index in [1.54, 1.807) is 71.2 Å². The Morgan fingerprint density at radius 3 is 1.40 bits per heavy atom.